The van der Waals surface area contributed by atoms with E-state index in [2.05, 4.69) is 20.5 Å². The van der Waals surface area contributed by atoms with Crippen molar-refractivity contribution in [3.63, 3.8) is 0 Å². The maximum Gasteiger partial charge on any atom is 0.217 e. The average molecular weight is 353 g/mol. The van der Waals surface area contributed by atoms with Gasteiger partial charge in [-0.05, 0) is 29.7 Å². The highest BCUT2D eigenvalue weighted by molar-refractivity contribution is 7.14. The number of nitrogens with one attached hydrogen (secondary N) is 1. The van der Waals surface area contributed by atoms with Crippen molar-refractivity contribution in [3.8, 4) is 10.6 Å². The van der Waals surface area contributed by atoms with E-state index in [1.165, 1.54) is 18.3 Å². The number of hydrogen-bond donors (Lipinski definition) is 2. The Balaban J connectivity index is 1.83. The summed E-state index contributed by atoms with van der Waals surface area (Å²) in [6.45, 7) is 2.02. The Morgan fingerprint density at radius 2 is 1.80 bits per heavy atom. The number of amides is 1. The van der Waals surface area contributed by atoms with Crippen molar-refractivity contribution >= 4 is 17.2 Å². The predicted molar refractivity (Wildman–Crippen MR) is 97.7 cm³/mol. The molecule has 3 N–H and O–H groups in total. The Kier molecular flexibility index (Phi) is 5.47. The van der Waals surface area contributed by atoms with Gasteiger partial charge in [-0.3, -0.25) is 9.78 Å². The number of carbonyl (C=O) groups excluding carboxylic acids is 1. The van der Waals surface area contributed by atoms with E-state index in [1.807, 2.05) is 36.4 Å². The van der Waals surface area contributed by atoms with Crippen LogP contribution < -0.4 is 11.1 Å². The first-order chi connectivity index (χ1) is 12.2. The second-order valence-corrected chi connectivity index (χ2v) is 6.67. The first-order valence-corrected chi connectivity index (χ1v) is 8.76. The van der Waals surface area contributed by atoms with Gasteiger partial charge in [0.15, 0.2) is 0 Å². The van der Waals surface area contributed by atoms with E-state index in [1.54, 1.807) is 12.4 Å². The summed E-state index contributed by atoms with van der Waals surface area (Å²) in [7, 11) is 0. The van der Waals surface area contributed by atoms with Crippen molar-refractivity contribution in [3.05, 3.63) is 64.9 Å². The summed E-state index contributed by atoms with van der Waals surface area (Å²) in [5.41, 5.74) is 8.79. The molecule has 0 aliphatic carbocycles. The van der Waals surface area contributed by atoms with Crippen molar-refractivity contribution in [1.29, 1.82) is 0 Å². The Bertz CT molecular complexity index is 832. The summed E-state index contributed by atoms with van der Waals surface area (Å²) in [6, 6.07) is 11.6. The van der Waals surface area contributed by atoms with Crippen LogP contribution in [0.4, 0.5) is 0 Å². The summed E-state index contributed by atoms with van der Waals surface area (Å²) >= 11 is 1.48. The van der Waals surface area contributed by atoms with Gasteiger partial charge in [0, 0.05) is 31.4 Å². The van der Waals surface area contributed by atoms with E-state index in [4.69, 9.17) is 5.73 Å². The lowest BCUT2D eigenvalue weighted by molar-refractivity contribution is -0.119. The van der Waals surface area contributed by atoms with E-state index in [-0.39, 0.29) is 11.9 Å². The molecule has 3 rings (SSSR count). The molecule has 2 heterocycles. The van der Waals surface area contributed by atoms with Crippen molar-refractivity contribution in [2.45, 2.75) is 25.9 Å². The molecule has 25 heavy (non-hydrogen) atoms. The fourth-order valence-corrected chi connectivity index (χ4v) is 3.38. The van der Waals surface area contributed by atoms with Crippen molar-refractivity contribution in [1.82, 2.24) is 20.5 Å². The third-order valence-electron chi connectivity index (χ3n) is 3.74. The summed E-state index contributed by atoms with van der Waals surface area (Å²) in [5.74, 6) is -0.0933. The molecule has 0 saturated heterocycles. The monoisotopic (exact) mass is 353 g/mol. The molecular weight excluding hydrogens is 334 g/mol. The van der Waals surface area contributed by atoms with Gasteiger partial charge in [0.05, 0.1) is 6.04 Å². The minimum atomic E-state index is -0.214. The van der Waals surface area contributed by atoms with Gasteiger partial charge < -0.3 is 11.1 Å². The maximum atomic E-state index is 11.6. The first-order valence-electron chi connectivity index (χ1n) is 7.94. The van der Waals surface area contributed by atoms with Gasteiger partial charge in [-0.2, -0.15) is 0 Å². The predicted octanol–water partition coefficient (Wildman–Crippen LogP) is 2.48. The summed E-state index contributed by atoms with van der Waals surface area (Å²) in [6.07, 6.45) is 4.09. The lowest BCUT2D eigenvalue weighted by Crippen LogP contribution is -2.27. The smallest absolute Gasteiger partial charge is 0.217 e. The van der Waals surface area contributed by atoms with Gasteiger partial charge in [-0.15, -0.1) is 10.2 Å². The summed E-state index contributed by atoms with van der Waals surface area (Å²) in [4.78, 5) is 15.6. The van der Waals surface area contributed by atoms with Crippen molar-refractivity contribution < 1.29 is 4.79 Å². The van der Waals surface area contributed by atoms with Crippen LogP contribution in [0.2, 0.25) is 0 Å². The van der Waals surface area contributed by atoms with E-state index < -0.39 is 0 Å². The van der Waals surface area contributed by atoms with Crippen LogP contribution in [-0.4, -0.2) is 21.1 Å². The largest absolute Gasteiger partial charge is 0.347 e. The minimum absolute atomic E-state index is 0.0933. The lowest BCUT2D eigenvalue weighted by atomic mass is 10.0. The SMILES string of the molecule is CC(=O)NC(Cc1ccc(CN)cc1)c1nnc(-c2ccncc2)s1. The number of pyridine rings is 1. The molecule has 3 aromatic rings. The number of hydrogen-bond acceptors (Lipinski definition) is 6. The highest BCUT2D eigenvalue weighted by Crippen LogP contribution is 2.28. The Morgan fingerprint density at radius 1 is 1.12 bits per heavy atom. The third kappa shape index (κ3) is 4.46. The molecule has 6 nitrogen and oxygen atoms in total. The van der Waals surface area contributed by atoms with Crippen LogP contribution in [0, 0.1) is 0 Å². The van der Waals surface area contributed by atoms with Crippen LogP contribution in [0.25, 0.3) is 10.6 Å². The number of rotatable bonds is 6. The van der Waals surface area contributed by atoms with Crippen LogP contribution in [0.3, 0.4) is 0 Å². The van der Waals surface area contributed by atoms with Crippen molar-refractivity contribution in [2.75, 3.05) is 0 Å². The van der Waals surface area contributed by atoms with Crippen LogP contribution in [0.1, 0.15) is 29.1 Å². The van der Waals surface area contributed by atoms with Gasteiger partial charge in [0.1, 0.15) is 10.0 Å². The first kappa shape index (κ1) is 17.2. The quantitative estimate of drug-likeness (QED) is 0.710. The highest BCUT2D eigenvalue weighted by atomic mass is 32.1. The molecule has 1 unspecified atom stereocenters. The van der Waals surface area contributed by atoms with E-state index in [9.17, 15) is 4.79 Å². The minimum Gasteiger partial charge on any atom is -0.347 e. The topological polar surface area (TPSA) is 93.8 Å². The van der Waals surface area contributed by atoms with E-state index in [0.717, 1.165) is 26.7 Å². The molecule has 128 valence electrons. The Labute approximate surface area is 150 Å². The van der Waals surface area contributed by atoms with Crippen LogP contribution in [-0.2, 0) is 17.8 Å². The molecule has 1 aromatic carbocycles. The van der Waals surface area contributed by atoms with Gasteiger partial charge in [-0.25, -0.2) is 0 Å². The van der Waals surface area contributed by atoms with Crippen LogP contribution in [0.5, 0.6) is 0 Å². The Morgan fingerprint density at radius 3 is 2.44 bits per heavy atom. The molecule has 0 radical (unpaired) electrons. The summed E-state index contributed by atoms with van der Waals surface area (Å²) < 4.78 is 0. The molecule has 7 heteroatoms. The van der Waals surface area contributed by atoms with Gasteiger partial charge in [-0.1, -0.05) is 35.6 Å². The number of nitrogens with two attached hydrogens (primary N) is 1. The fourth-order valence-electron chi connectivity index (χ4n) is 2.48. The van der Waals surface area contributed by atoms with Gasteiger partial charge in [0.2, 0.25) is 5.91 Å². The molecule has 0 spiro atoms. The average Bonchev–Trinajstić information content (AvgIpc) is 3.12. The van der Waals surface area contributed by atoms with Crippen LogP contribution in [0.15, 0.2) is 48.8 Å². The molecule has 0 saturated carbocycles. The standard InChI is InChI=1S/C18H19N5OS/c1-12(24)21-16(10-13-2-4-14(11-19)5-3-13)18-23-22-17(25-18)15-6-8-20-9-7-15/h2-9,16H,10-11,19H2,1H3,(H,21,24). The fraction of sp³-hybridized carbons (Fsp3) is 0.222. The molecule has 2 aromatic heterocycles. The van der Waals surface area contributed by atoms with Gasteiger partial charge in [0.25, 0.3) is 0 Å². The zero-order valence-electron chi connectivity index (χ0n) is 13.8. The lowest BCUT2D eigenvalue weighted by Gasteiger charge is -2.15. The van der Waals surface area contributed by atoms with Crippen molar-refractivity contribution in [2.24, 2.45) is 5.73 Å². The normalized spacial score (nSPS) is 11.9. The molecule has 0 fully saturated rings. The second kappa shape index (κ2) is 7.96. The number of nitrogens with zero attached hydrogens (tertiary/aromatic N) is 3. The number of carbonyl (C=O) groups is 1. The molecule has 1 atom stereocenters. The Hall–Kier alpha value is -2.64. The molecule has 1 amide bonds. The van der Waals surface area contributed by atoms with Gasteiger partial charge >= 0.3 is 0 Å². The third-order valence-corrected chi connectivity index (χ3v) is 4.83. The summed E-state index contributed by atoms with van der Waals surface area (Å²) in [5, 5.41) is 13.1. The molecule has 0 aliphatic rings. The zero-order valence-corrected chi connectivity index (χ0v) is 14.7. The number of benzene rings is 1. The number of aromatic nitrogens is 3. The zero-order chi connectivity index (χ0) is 17.6. The van der Waals surface area contributed by atoms with E-state index in [0.29, 0.717) is 13.0 Å². The maximum absolute atomic E-state index is 11.6. The van der Waals surface area contributed by atoms with E-state index >= 15 is 0 Å². The molecule has 0 bridgehead atoms. The molecule has 0 aliphatic heterocycles. The second-order valence-electron chi connectivity index (χ2n) is 5.66. The highest BCUT2D eigenvalue weighted by Gasteiger charge is 2.19. The van der Waals surface area contributed by atoms with Crippen LogP contribution >= 0.6 is 11.3 Å². The molecular formula is C18H19N5OS.